The second-order valence-electron chi connectivity index (χ2n) is 7.58. The molecule has 3 rings (SSSR count). The van der Waals surface area contributed by atoms with Crippen LogP contribution < -0.4 is 5.32 Å². The number of ether oxygens (including phenoxy) is 1. The van der Waals surface area contributed by atoms with Crippen molar-refractivity contribution < 1.29 is 9.53 Å². The van der Waals surface area contributed by atoms with Crippen molar-refractivity contribution in [3.05, 3.63) is 18.2 Å². The molecule has 3 heterocycles. The molecule has 0 radical (unpaired) electrons. The van der Waals surface area contributed by atoms with E-state index in [1.54, 1.807) is 0 Å². The summed E-state index contributed by atoms with van der Waals surface area (Å²) in [7, 11) is 2.01. The molecule has 2 saturated heterocycles. The van der Waals surface area contributed by atoms with Crippen LogP contribution >= 0.6 is 0 Å². The molecular weight excluding hydrogens is 316 g/mol. The van der Waals surface area contributed by atoms with Crippen LogP contribution in [0.2, 0.25) is 0 Å². The number of hydrogen-bond donors (Lipinski definition) is 1. The number of rotatable bonds is 5. The van der Waals surface area contributed by atoms with Crippen LogP contribution in [0.4, 0.5) is 0 Å². The zero-order valence-electron chi connectivity index (χ0n) is 15.6. The molecule has 6 nitrogen and oxygen atoms in total. The SMILES string of the molecule is C[C@H](CC(=O)N1CCCCCC1)N[C@H]1CCO[C@@H](c2cncn2C)C1. The zero-order chi connectivity index (χ0) is 17.6. The third-order valence-electron chi connectivity index (χ3n) is 5.43. The molecule has 1 N–H and O–H groups in total. The van der Waals surface area contributed by atoms with Crippen molar-refractivity contribution in [2.24, 2.45) is 7.05 Å². The Morgan fingerprint density at radius 2 is 2.12 bits per heavy atom. The first-order chi connectivity index (χ1) is 12.1. The van der Waals surface area contributed by atoms with Gasteiger partial charge in [-0.05, 0) is 32.6 Å². The van der Waals surface area contributed by atoms with E-state index in [4.69, 9.17) is 4.74 Å². The number of amides is 1. The van der Waals surface area contributed by atoms with Crippen LogP contribution in [-0.4, -0.2) is 52.1 Å². The van der Waals surface area contributed by atoms with Crippen molar-refractivity contribution in [2.45, 2.75) is 70.1 Å². The van der Waals surface area contributed by atoms with Crippen LogP contribution in [0.25, 0.3) is 0 Å². The van der Waals surface area contributed by atoms with E-state index in [1.807, 2.05) is 24.1 Å². The molecule has 140 valence electrons. The third kappa shape index (κ3) is 5.05. The summed E-state index contributed by atoms with van der Waals surface area (Å²) in [6, 6.07) is 0.589. The number of nitrogens with zero attached hydrogens (tertiary/aromatic N) is 3. The summed E-state index contributed by atoms with van der Waals surface area (Å²) in [6.07, 6.45) is 11.1. The number of nitrogens with one attached hydrogen (secondary N) is 1. The number of imidazole rings is 1. The van der Waals surface area contributed by atoms with E-state index in [2.05, 4.69) is 22.1 Å². The fourth-order valence-electron chi connectivity index (χ4n) is 4.00. The molecule has 0 unspecified atom stereocenters. The number of carbonyl (C=O) groups excluding carboxylic acids is 1. The summed E-state index contributed by atoms with van der Waals surface area (Å²) < 4.78 is 7.96. The van der Waals surface area contributed by atoms with E-state index >= 15 is 0 Å². The van der Waals surface area contributed by atoms with Gasteiger partial charge < -0.3 is 19.5 Å². The highest BCUT2D eigenvalue weighted by Gasteiger charge is 2.27. The standard InChI is InChI=1S/C19H32N4O2/c1-15(11-19(24)23-8-5-3-4-6-9-23)21-16-7-10-25-18(12-16)17-13-20-14-22(17)2/h13-16,18,21H,3-12H2,1-2H3/t15-,16+,18-/m1/s1. The number of likely N-dealkylation sites (tertiary alicyclic amines) is 1. The van der Waals surface area contributed by atoms with Crippen molar-refractivity contribution >= 4 is 5.91 Å². The first-order valence-corrected chi connectivity index (χ1v) is 9.75. The Hall–Kier alpha value is -1.40. The molecule has 0 bridgehead atoms. The van der Waals surface area contributed by atoms with Crippen LogP contribution in [0.15, 0.2) is 12.5 Å². The average Bonchev–Trinajstić information content (AvgIpc) is 2.84. The summed E-state index contributed by atoms with van der Waals surface area (Å²) >= 11 is 0. The number of aryl methyl sites for hydroxylation is 1. The van der Waals surface area contributed by atoms with E-state index in [0.717, 1.165) is 51.1 Å². The average molecular weight is 348 g/mol. The van der Waals surface area contributed by atoms with Crippen LogP contribution in [-0.2, 0) is 16.6 Å². The Kier molecular flexibility index (Phi) is 6.48. The van der Waals surface area contributed by atoms with Gasteiger partial charge in [0.25, 0.3) is 0 Å². The quantitative estimate of drug-likeness (QED) is 0.888. The summed E-state index contributed by atoms with van der Waals surface area (Å²) in [4.78, 5) is 18.8. The summed E-state index contributed by atoms with van der Waals surface area (Å²) in [5.74, 6) is 0.303. The lowest BCUT2D eigenvalue weighted by atomic mass is 10.00. The minimum Gasteiger partial charge on any atom is -0.372 e. The normalized spacial score (nSPS) is 26.2. The summed E-state index contributed by atoms with van der Waals surface area (Å²) in [5, 5.41) is 3.66. The molecular formula is C19H32N4O2. The Labute approximate surface area is 150 Å². The molecule has 6 heteroatoms. The third-order valence-corrected chi connectivity index (χ3v) is 5.43. The first-order valence-electron chi connectivity index (χ1n) is 9.75. The molecule has 1 amide bonds. The molecule has 3 atom stereocenters. The van der Waals surface area contributed by atoms with Crippen molar-refractivity contribution in [3.63, 3.8) is 0 Å². The van der Waals surface area contributed by atoms with Gasteiger partial charge in [0.1, 0.15) is 6.10 Å². The van der Waals surface area contributed by atoms with E-state index in [0.29, 0.717) is 18.4 Å². The molecule has 25 heavy (non-hydrogen) atoms. The van der Waals surface area contributed by atoms with Crippen molar-refractivity contribution in [3.8, 4) is 0 Å². The summed E-state index contributed by atoms with van der Waals surface area (Å²) in [6.45, 7) is 4.75. The monoisotopic (exact) mass is 348 g/mol. The highest BCUT2D eigenvalue weighted by molar-refractivity contribution is 5.76. The second kappa shape index (κ2) is 8.81. The zero-order valence-corrected chi connectivity index (χ0v) is 15.6. The molecule has 1 aromatic heterocycles. The van der Waals surface area contributed by atoms with Gasteiger partial charge in [0, 0.05) is 45.2 Å². The Bertz CT molecular complexity index is 551. The van der Waals surface area contributed by atoms with Crippen molar-refractivity contribution in [1.29, 1.82) is 0 Å². The number of aromatic nitrogens is 2. The Morgan fingerprint density at radius 3 is 2.80 bits per heavy atom. The molecule has 2 aliphatic heterocycles. The van der Waals surface area contributed by atoms with Gasteiger partial charge in [-0.2, -0.15) is 0 Å². The van der Waals surface area contributed by atoms with Gasteiger partial charge in [-0.15, -0.1) is 0 Å². The minimum absolute atomic E-state index is 0.0901. The van der Waals surface area contributed by atoms with Gasteiger partial charge >= 0.3 is 0 Å². The highest BCUT2D eigenvalue weighted by atomic mass is 16.5. The number of carbonyl (C=O) groups is 1. The van der Waals surface area contributed by atoms with E-state index < -0.39 is 0 Å². The van der Waals surface area contributed by atoms with Gasteiger partial charge in [-0.25, -0.2) is 4.98 Å². The lowest BCUT2D eigenvalue weighted by molar-refractivity contribution is -0.131. The van der Waals surface area contributed by atoms with Crippen LogP contribution in [0, 0.1) is 0 Å². The molecule has 0 saturated carbocycles. The van der Waals surface area contributed by atoms with Crippen LogP contribution in [0.1, 0.15) is 63.7 Å². The second-order valence-corrected chi connectivity index (χ2v) is 7.58. The fourth-order valence-corrected chi connectivity index (χ4v) is 4.00. The summed E-state index contributed by atoms with van der Waals surface area (Å²) in [5.41, 5.74) is 1.12. The van der Waals surface area contributed by atoms with Gasteiger partial charge in [-0.1, -0.05) is 12.8 Å². The predicted molar refractivity (Wildman–Crippen MR) is 97.2 cm³/mol. The van der Waals surface area contributed by atoms with Gasteiger partial charge in [0.05, 0.1) is 18.2 Å². The van der Waals surface area contributed by atoms with E-state index in [-0.39, 0.29) is 12.1 Å². The minimum atomic E-state index is 0.0901. The van der Waals surface area contributed by atoms with Gasteiger partial charge in [0.2, 0.25) is 5.91 Å². The predicted octanol–water partition coefficient (Wildman–Crippen LogP) is 2.41. The lowest BCUT2D eigenvalue weighted by Crippen LogP contribution is -2.44. The Morgan fingerprint density at radius 1 is 1.36 bits per heavy atom. The molecule has 0 spiro atoms. The first kappa shape index (κ1) is 18.4. The topological polar surface area (TPSA) is 59.4 Å². The maximum Gasteiger partial charge on any atom is 0.224 e. The lowest BCUT2D eigenvalue weighted by Gasteiger charge is -2.32. The van der Waals surface area contributed by atoms with E-state index in [1.165, 1.54) is 12.8 Å². The molecule has 2 fully saturated rings. The molecule has 2 aliphatic rings. The molecule has 1 aromatic rings. The fraction of sp³-hybridized carbons (Fsp3) is 0.789. The van der Waals surface area contributed by atoms with Crippen molar-refractivity contribution in [1.82, 2.24) is 19.8 Å². The smallest absolute Gasteiger partial charge is 0.224 e. The van der Waals surface area contributed by atoms with Gasteiger partial charge in [-0.3, -0.25) is 4.79 Å². The van der Waals surface area contributed by atoms with Gasteiger partial charge in [0.15, 0.2) is 0 Å². The van der Waals surface area contributed by atoms with Crippen molar-refractivity contribution in [2.75, 3.05) is 19.7 Å². The Balaban J connectivity index is 1.47. The largest absolute Gasteiger partial charge is 0.372 e. The molecule has 0 aliphatic carbocycles. The highest BCUT2D eigenvalue weighted by Crippen LogP contribution is 2.28. The van der Waals surface area contributed by atoms with E-state index in [9.17, 15) is 4.79 Å². The molecule has 0 aromatic carbocycles. The van der Waals surface area contributed by atoms with Crippen LogP contribution in [0.3, 0.4) is 0 Å². The van der Waals surface area contributed by atoms with Crippen LogP contribution in [0.5, 0.6) is 0 Å². The maximum atomic E-state index is 12.5. The maximum absolute atomic E-state index is 12.5. The number of hydrogen-bond acceptors (Lipinski definition) is 4.